The van der Waals surface area contributed by atoms with E-state index in [1.807, 2.05) is 24.3 Å². The second-order valence-electron chi connectivity index (χ2n) is 7.85. The van der Waals surface area contributed by atoms with Crippen molar-refractivity contribution in [2.24, 2.45) is 0 Å². The Hall–Kier alpha value is -1.80. The van der Waals surface area contributed by atoms with E-state index < -0.39 is 6.10 Å². The third kappa shape index (κ3) is 8.48. The van der Waals surface area contributed by atoms with E-state index in [9.17, 15) is 5.11 Å². The summed E-state index contributed by atoms with van der Waals surface area (Å²) in [6, 6.07) is 16.4. The van der Waals surface area contributed by atoms with Crippen molar-refractivity contribution in [1.82, 2.24) is 0 Å². The fourth-order valence-electron chi connectivity index (χ4n) is 3.48. The van der Waals surface area contributed by atoms with E-state index in [1.165, 1.54) is 63.4 Å². The van der Waals surface area contributed by atoms with Gasteiger partial charge in [-0.25, -0.2) is 0 Å². The Labute approximate surface area is 172 Å². The van der Waals surface area contributed by atoms with Crippen molar-refractivity contribution in [3.8, 4) is 16.9 Å². The topological polar surface area (TPSA) is 29.5 Å². The first-order chi connectivity index (χ1) is 13.7. The third-order valence-electron chi connectivity index (χ3n) is 5.35. The molecule has 1 atom stereocenters. The normalized spacial score (nSPS) is 12.1. The second-order valence-corrected chi connectivity index (χ2v) is 7.85. The summed E-state index contributed by atoms with van der Waals surface area (Å²) in [4.78, 5) is 0. The lowest BCUT2D eigenvalue weighted by molar-refractivity contribution is 0.199. The zero-order valence-electron chi connectivity index (χ0n) is 17.8. The van der Waals surface area contributed by atoms with Crippen molar-refractivity contribution in [3.05, 3.63) is 54.1 Å². The molecule has 0 aliphatic heterocycles. The second kappa shape index (κ2) is 13.4. The number of rotatable bonds is 14. The van der Waals surface area contributed by atoms with Gasteiger partial charge in [0.1, 0.15) is 5.75 Å². The lowest BCUT2D eigenvalue weighted by Crippen LogP contribution is -1.97. The summed E-state index contributed by atoms with van der Waals surface area (Å²) in [5.74, 6) is 0.945. The van der Waals surface area contributed by atoms with Crippen LogP contribution in [-0.2, 0) is 0 Å². The molecule has 0 saturated carbocycles. The van der Waals surface area contributed by atoms with Crippen molar-refractivity contribution < 1.29 is 9.84 Å². The fraction of sp³-hybridized carbons (Fsp3) is 0.538. The minimum absolute atomic E-state index is 0.421. The van der Waals surface area contributed by atoms with E-state index in [2.05, 4.69) is 31.2 Å². The van der Waals surface area contributed by atoms with Gasteiger partial charge in [0.25, 0.3) is 0 Å². The van der Waals surface area contributed by atoms with Crippen LogP contribution in [0.15, 0.2) is 48.5 Å². The summed E-state index contributed by atoms with van der Waals surface area (Å²) in [7, 11) is 0. The summed E-state index contributed by atoms with van der Waals surface area (Å²) in [6.07, 6.45) is 13.0. The maximum absolute atomic E-state index is 9.61. The number of aliphatic hydroxyl groups is 1. The van der Waals surface area contributed by atoms with E-state index in [0.717, 1.165) is 29.9 Å². The first-order valence-electron chi connectivity index (χ1n) is 11.2. The lowest BCUT2D eigenvalue weighted by Gasteiger charge is -2.09. The summed E-state index contributed by atoms with van der Waals surface area (Å²) in [5, 5.41) is 9.61. The Morgan fingerprint density at radius 1 is 0.679 bits per heavy atom. The standard InChI is InChI=1S/C26H38O2/c1-3-4-5-6-7-8-9-10-11-12-21-28-26-19-17-25(18-20-26)24-15-13-23(14-16-24)22(2)27/h13-20,22,27H,3-12,21H2,1-2H3. The summed E-state index contributed by atoms with van der Waals surface area (Å²) in [5.41, 5.74) is 3.27. The number of hydrogen-bond donors (Lipinski definition) is 1. The molecule has 0 spiro atoms. The molecule has 0 heterocycles. The van der Waals surface area contributed by atoms with Crippen LogP contribution < -0.4 is 4.74 Å². The molecule has 2 aromatic carbocycles. The molecule has 2 heteroatoms. The Balaban J connectivity index is 1.59. The van der Waals surface area contributed by atoms with Crippen LogP contribution in [0.25, 0.3) is 11.1 Å². The summed E-state index contributed by atoms with van der Waals surface area (Å²) >= 11 is 0. The van der Waals surface area contributed by atoms with Crippen LogP contribution >= 0.6 is 0 Å². The van der Waals surface area contributed by atoms with Gasteiger partial charge in [0.15, 0.2) is 0 Å². The number of unbranched alkanes of at least 4 members (excludes halogenated alkanes) is 9. The molecule has 0 aliphatic rings. The summed E-state index contributed by atoms with van der Waals surface area (Å²) < 4.78 is 5.89. The van der Waals surface area contributed by atoms with Crippen LogP contribution in [-0.4, -0.2) is 11.7 Å². The van der Waals surface area contributed by atoms with E-state index in [0.29, 0.717) is 0 Å². The zero-order chi connectivity index (χ0) is 20.0. The monoisotopic (exact) mass is 382 g/mol. The van der Waals surface area contributed by atoms with Gasteiger partial charge in [-0.3, -0.25) is 0 Å². The Morgan fingerprint density at radius 3 is 1.64 bits per heavy atom. The molecule has 0 aliphatic carbocycles. The third-order valence-corrected chi connectivity index (χ3v) is 5.35. The van der Waals surface area contributed by atoms with Crippen molar-refractivity contribution in [2.75, 3.05) is 6.61 Å². The first kappa shape index (κ1) is 22.5. The van der Waals surface area contributed by atoms with E-state index >= 15 is 0 Å². The predicted molar refractivity (Wildman–Crippen MR) is 120 cm³/mol. The van der Waals surface area contributed by atoms with Gasteiger partial charge in [-0.1, -0.05) is 101 Å². The predicted octanol–water partition coefficient (Wildman–Crippen LogP) is 7.71. The molecule has 0 fully saturated rings. The molecule has 0 radical (unpaired) electrons. The number of benzene rings is 2. The van der Waals surface area contributed by atoms with E-state index in [-0.39, 0.29) is 0 Å². The smallest absolute Gasteiger partial charge is 0.119 e. The number of aliphatic hydroxyl groups excluding tert-OH is 1. The van der Waals surface area contributed by atoms with Crippen molar-refractivity contribution >= 4 is 0 Å². The van der Waals surface area contributed by atoms with Crippen molar-refractivity contribution in [1.29, 1.82) is 0 Å². The van der Waals surface area contributed by atoms with Gasteiger partial charge in [-0.15, -0.1) is 0 Å². The quantitative estimate of drug-likeness (QED) is 0.339. The van der Waals surface area contributed by atoms with Crippen LogP contribution in [0.3, 0.4) is 0 Å². The highest BCUT2D eigenvalue weighted by atomic mass is 16.5. The molecule has 2 nitrogen and oxygen atoms in total. The molecule has 154 valence electrons. The summed E-state index contributed by atoms with van der Waals surface area (Å²) in [6.45, 7) is 4.86. The van der Waals surface area contributed by atoms with Crippen LogP contribution in [0.2, 0.25) is 0 Å². The minimum atomic E-state index is -0.421. The molecule has 1 unspecified atom stereocenters. The number of ether oxygens (including phenoxy) is 1. The fourth-order valence-corrected chi connectivity index (χ4v) is 3.48. The molecule has 2 rings (SSSR count). The van der Waals surface area contributed by atoms with Gasteiger partial charge >= 0.3 is 0 Å². The van der Waals surface area contributed by atoms with Gasteiger partial charge in [0.05, 0.1) is 12.7 Å². The SMILES string of the molecule is CCCCCCCCCCCCOc1ccc(-c2ccc(C(C)O)cc2)cc1. The zero-order valence-corrected chi connectivity index (χ0v) is 17.8. The Bertz CT molecular complexity index is 628. The van der Waals surface area contributed by atoms with Gasteiger partial charge in [0.2, 0.25) is 0 Å². The lowest BCUT2D eigenvalue weighted by atomic mass is 10.0. The molecule has 0 bridgehead atoms. The van der Waals surface area contributed by atoms with Gasteiger partial charge in [0, 0.05) is 0 Å². The minimum Gasteiger partial charge on any atom is -0.494 e. The highest BCUT2D eigenvalue weighted by molar-refractivity contribution is 5.64. The van der Waals surface area contributed by atoms with Crippen LogP contribution in [0.1, 0.15) is 89.7 Å². The molecule has 28 heavy (non-hydrogen) atoms. The maximum Gasteiger partial charge on any atom is 0.119 e. The van der Waals surface area contributed by atoms with Crippen LogP contribution in [0.4, 0.5) is 0 Å². The Morgan fingerprint density at radius 2 is 1.14 bits per heavy atom. The maximum atomic E-state index is 9.61. The molecule has 0 saturated heterocycles. The Kier molecular flexibility index (Phi) is 10.8. The average molecular weight is 383 g/mol. The molecule has 1 N–H and O–H groups in total. The number of hydrogen-bond acceptors (Lipinski definition) is 2. The van der Waals surface area contributed by atoms with Gasteiger partial charge in [-0.2, -0.15) is 0 Å². The average Bonchev–Trinajstić information content (AvgIpc) is 2.72. The van der Waals surface area contributed by atoms with E-state index in [1.54, 1.807) is 6.92 Å². The highest BCUT2D eigenvalue weighted by Gasteiger charge is 2.03. The largest absolute Gasteiger partial charge is 0.494 e. The van der Waals surface area contributed by atoms with Crippen LogP contribution in [0, 0.1) is 0 Å². The van der Waals surface area contributed by atoms with E-state index in [4.69, 9.17) is 4.74 Å². The highest BCUT2D eigenvalue weighted by Crippen LogP contribution is 2.24. The molecule has 0 amide bonds. The van der Waals surface area contributed by atoms with Gasteiger partial charge in [-0.05, 0) is 42.2 Å². The molecular weight excluding hydrogens is 344 g/mol. The van der Waals surface area contributed by atoms with Crippen molar-refractivity contribution in [2.45, 2.75) is 84.2 Å². The van der Waals surface area contributed by atoms with Crippen LogP contribution in [0.5, 0.6) is 5.75 Å². The molecule has 2 aromatic rings. The molecule has 0 aromatic heterocycles. The molecular formula is C26H38O2. The van der Waals surface area contributed by atoms with Crippen molar-refractivity contribution in [3.63, 3.8) is 0 Å². The first-order valence-corrected chi connectivity index (χ1v) is 11.2. The van der Waals surface area contributed by atoms with Gasteiger partial charge < -0.3 is 9.84 Å².